The van der Waals surface area contributed by atoms with Crippen LogP contribution < -0.4 is 4.90 Å². The molecule has 0 saturated carbocycles. The number of ether oxygens (including phenoxy) is 1. The lowest BCUT2D eigenvalue weighted by atomic mass is 10.1. The zero-order chi connectivity index (χ0) is 23.9. The molecule has 0 bridgehead atoms. The molecule has 0 unspecified atom stereocenters. The van der Waals surface area contributed by atoms with Crippen molar-refractivity contribution < 1.29 is 9.15 Å². The van der Waals surface area contributed by atoms with Crippen LogP contribution in [-0.2, 0) is 11.4 Å². The van der Waals surface area contributed by atoms with E-state index in [0.29, 0.717) is 36.3 Å². The molecule has 6 rings (SSSR count). The Morgan fingerprint density at radius 2 is 1.80 bits per heavy atom. The molecular weight excluding hydrogens is 460 g/mol. The normalized spacial score (nSPS) is 14.7. The van der Waals surface area contributed by atoms with E-state index in [1.165, 1.54) is 0 Å². The lowest BCUT2D eigenvalue weighted by molar-refractivity contribution is 0.0206. The first kappa shape index (κ1) is 22.0. The molecule has 35 heavy (non-hydrogen) atoms. The van der Waals surface area contributed by atoms with Crippen molar-refractivity contribution in [1.82, 2.24) is 24.6 Å². The minimum Gasteiger partial charge on any atom is -0.408 e. The molecule has 0 spiro atoms. The van der Waals surface area contributed by atoms with E-state index >= 15 is 0 Å². The van der Waals surface area contributed by atoms with Gasteiger partial charge in [0.25, 0.3) is 10.7 Å². The SMILES string of the molecule is CN(C)c1ccc(-c2nc(-c3nn(CN4CCOCC4)c(=S)o3)cc3c2[nH]c2ccccc23)cc1. The third-order valence-electron chi connectivity index (χ3n) is 6.42. The van der Waals surface area contributed by atoms with Gasteiger partial charge in [0.15, 0.2) is 0 Å². The number of fused-ring (bicyclic) bond motifs is 3. The first-order chi connectivity index (χ1) is 17.1. The highest BCUT2D eigenvalue weighted by Crippen LogP contribution is 2.35. The highest BCUT2D eigenvalue weighted by Gasteiger charge is 2.19. The minimum atomic E-state index is 0.337. The van der Waals surface area contributed by atoms with Gasteiger partial charge in [-0.25, -0.2) is 9.67 Å². The van der Waals surface area contributed by atoms with Gasteiger partial charge in [-0.15, -0.1) is 5.10 Å². The summed E-state index contributed by atoms with van der Waals surface area (Å²) >= 11 is 5.50. The number of morpholine rings is 1. The second-order valence-corrected chi connectivity index (χ2v) is 9.28. The van der Waals surface area contributed by atoms with Crippen LogP contribution in [0.25, 0.3) is 44.6 Å². The number of nitrogens with zero attached hydrogens (tertiary/aromatic N) is 5. The van der Waals surface area contributed by atoms with Gasteiger partial charge in [0, 0.05) is 54.7 Å². The van der Waals surface area contributed by atoms with Gasteiger partial charge >= 0.3 is 0 Å². The first-order valence-electron chi connectivity index (χ1n) is 11.6. The minimum absolute atomic E-state index is 0.337. The van der Waals surface area contributed by atoms with Crippen LogP contribution in [0.15, 0.2) is 59.0 Å². The number of pyridine rings is 1. The van der Waals surface area contributed by atoms with Crippen LogP contribution in [0.3, 0.4) is 0 Å². The van der Waals surface area contributed by atoms with E-state index in [9.17, 15) is 0 Å². The van der Waals surface area contributed by atoms with Crippen molar-refractivity contribution in [2.75, 3.05) is 45.3 Å². The third-order valence-corrected chi connectivity index (χ3v) is 6.71. The average Bonchev–Trinajstić information content (AvgIpc) is 3.44. The number of anilines is 1. The van der Waals surface area contributed by atoms with Crippen molar-refractivity contribution >= 4 is 39.7 Å². The fourth-order valence-electron chi connectivity index (χ4n) is 4.51. The second-order valence-electron chi connectivity index (χ2n) is 8.94. The van der Waals surface area contributed by atoms with Crippen molar-refractivity contribution in [1.29, 1.82) is 0 Å². The molecule has 1 saturated heterocycles. The summed E-state index contributed by atoms with van der Waals surface area (Å²) in [6.45, 7) is 3.69. The predicted octanol–water partition coefficient (Wildman–Crippen LogP) is 4.92. The summed E-state index contributed by atoms with van der Waals surface area (Å²) in [5.41, 5.74) is 5.69. The Morgan fingerprint density at radius 1 is 1.03 bits per heavy atom. The molecule has 0 amide bonds. The van der Waals surface area contributed by atoms with Gasteiger partial charge in [-0.2, -0.15) is 0 Å². The molecule has 0 aliphatic carbocycles. The third kappa shape index (κ3) is 4.12. The van der Waals surface area contributed by atoms with E-state index in [-0.39, 0.29) is 0 Å². The monoisotopic (exact) mass is 486 g/mol. The van der Waals surface area contributed by atoms with Gasteiger partial charge in [0.05, 0.1) is 31.1 Å². The van der Waals surface area contributed by atoms with Crippen LogP contribution in [0.4, 0.5) is 5.69 Å². The molecule has 3 aromatic heterocycles. The summed E-state index contributed by atoms with van der Waals surface area (Å²) in [7, 11) is 4.07. The number of aromatic amines is 1. The summed E-state index contributed by atoms with van der Waals surface area (Å²) in [5, 5.41) is 6.90. The van der Waals surface area contributed by atoms with Crippen molar-refractivity contribution in [3.8, 4) is 22.8 Å². The van der Waals surface area contributed by atoms with Gasteiger partial charge < -0.3 is 19.0 Å². The van der Waals surface area contributed by atoms with Gasteiger partial charge in [-0.05, 0) is 36.5 Å². The molecule has 4 heterocycles. The van der Waals surface area contributed by atoms with E-state index in [4.69, 9.17) is 31.5 Å². The molecule has 9 heteroatoms. The molecule has 1 fully saturated rings. The Balaban J connectivity index is 1.48. The Bertz CT molecular complexity index is 1560. The molecule has 1 N–H and O–H groups in total. The lowest BCUT2D eigenvalue weighted by Crippen LogP contribution is -2.37. The van der Waals surface area contributed by atoms with E-state index < -0.39 is 0 Å². The van der Waals surface area contributed by atoms with Crippen molar-refractivity contribution in [3.05, 3.63) is 59.4 Å². The molecule has 1 aliphatic heterocycles. The maximum Gasteiger partial charge on any atom is 0.288 e. The molecule has 0 atom stereocenters. The quantitative estimate of drug-likeness (QED) is 0.353. The number of hydrogen-bond acceptors (Lipinski definition) is 7. The van der Waals surface area contributed by atoms with Gasteiger partial charge in [0.2, 0.25) is 0 Å². The van der Waals surface area contributed by atoms with E-state index in [1.807, 2.05) is 32.3 Å². The summed E-state index contributed by atoms with van der Waals surface area (Å²) in [5.74, 6) is 0.418. The van der Waals surface area contributed by atoms with Gasteiger partial charge in [0.1, 0.15) is 5.69 Å². The summed E-state index contributed by atoms with van der Waals surface area (Å²) in [6.07, 6.45) is 0. The molecule has 1 aliphatic rings. The molecule has 0 radical (unpaired) electrons. The van der Waals surface area contributed by atoms with Crippen LogP contribution in [0.1, 0.15) is 0 Å². The number of rotatable bonds is 5. The topological polar surface area (TPSA) is 75.3 Å². The summed E-state index contributed by atoms with van der Waals surface area (Å²) < 4.78 is 13.1. The van der Waals surface area contributed by atoms with Gasteiger partial charge in [-0.3, -0.25) is 4.90 Å². The maximum atomic E-state index is 5.95. The molecule has 5 aromatic rings. The Hall–Kier alpha value is -3.53. The van der Waals surface area contributed by atoms with Crippen molar-refractivity contribution in [2.45, 2.75) is 6.67 Å². The fraction of sp³-hybridized carbons (Fsp3) is 0.269. The van der Waals surface area contributed by atoms with E-state index in [1.54, 1.807) is 4.68 Å². The van der Waals surface area contributed by atoms with Gasteiger partial charge in [-0.1, -0.05) is 30.3 Å². The fourth-order valence-corrected chi connectivity index (χ4v) is 4.69. The largest absolute Gasteiger partial charge is 0.408 e. The highest BCUT2D eigenvalue weighted by atomic mass is 32.1. The Labute approximate surface area is 207 Å². The van der Waals surface area contributed by atoms with Crippen LogP contribution in [0.2, 0.25) is 0 Å². The Kier molecular flexibility index (Phi) is 5.60. The molecule has 178 valence electrons. The molecule has 8 nitrogen and oxygen atoms in total. The standard InChI is InChI=1S/C26H26N6O2S/c1-30(2)18-9-7-17(8-10-18)23-24-20(19-5-3-4-6-21(19)27-24)15-22(28-23)25-29-32(26(35)34-25)16-31-11-13-33-14-12-31/h3-10,15,27H,11-14,16H2,1-2H3. The summed E-state index contributed by atoms with van der Waals surface area (Å²) in [4.78, 5) is 13.2. The van der Waals surface area contributed by atoms with Crippen LogP contribution in [0.5, 0.6) is 0 Å². The Morgan fingerprint density at radius 3 is 2.57 bits per heavy atom. The number of H-pyrrole nitrogens is 1. The number of nitrogens with one attached hydrogen (secondary N) is 1. The van der Waals surface area contributed by atoms with E-state index in [2.05, 4.69) is 51.2 Å². The van der Waals surface area contributed by atoms with Crippen LogP contribution in [0, 0.1) is 4.84 Å². The van der Waals surface area contributed by atoms with Crippen LogP contribution in [-0.4, -0.2) is 65.0 Å². The van der Waals surface area contributed by atoms with E-state index in [0.717, 1.165) is 51.8 Å². The number of hydrogen-bond donors (Lipinski definition) is 1. The molecule has 2 aromatic carbocycles. The number of para-hydroxylation sites is 1. The summed E-state index contributed by atoms with van der Waals surface area (Å²) in [6, 6.07) is 18.7. The lowest BCUT2D eigenvalue weighted by Gasteiger charge is -2.25. The predicted molar refractivity (Wildman–Crippen MR) is 140 cm³/mol. The highest BCUT2D eigenvalue weighted by molar-refractivity contribution is 7.71. The second kappa shape index (κ2) is 8.92. The number of aromatic nitrogens is 4. The zero-order valence-electron chi connectivity index (χ0n) is 19.7. The first-order valence-corrected chi connectivity index (χ1v) is 12.1. The average molecular weight is 487 g/mol. The molecular formula is C26H26N6O2S. The van der Waals surface area contributed by atoms with Crippen LogP contribution >= 0.6 is 12.2 Å². The zero-order valence-corrected chi connectivity index (χ0v) is 20.5. The smallest absolute Gasteiger partial charge is 0.288 e. The maximum absolute atomic E-state index is 5.95. The van der Waals surface area contributed by atoms with Crippen molar-refractivity contribution in [2.24, 2.45) is 0 Å². The number of benzene rings is 2. The van der Waals surface area contributed by atoms with Crippen molar-refractivity contribution in [3.63, 3.8) is 0 Å².